The zero-order valence-corrected chi connectivity index (χ0v) is 17.8. The van der Waals surface area contributed by atoms with E-state index in [-0.39, 0.29) is 17.9 Å². The smallest absolute Gasteiger partial charge is 0.261 e. The molecule has 2 aromatic heterocycles. The molecule has 0 saturated heterocycles. The first-order valence-corrected chi connectivity index (χ1v) is 9.66. The average molecular weight is 414 g/mol. The molecule has 8 heteroatoms. The molecule has 0 atom stereocenters. The number of nitrogens with one attached hydrogen (secondary N) is 2. The number of benzene rings is 1. The van der Waals surface area contributed by atoms with Crippen molar-refractivity contribution in [2.45, 2.75) is 33.7 Å². The van der Waals surface area contributed by atoms with Crippen LogP contribution < -0.4 is 10.6 Å². The van der Waals surface area contributed by atoms with Gasteiger partial charge in [0.05, 0.1) is 16.9 Å². The van der Waals surface area contributed by atoms with Gasteiger partial charge in [-0.1, -0.05) is 11.6 Å². The summed E-state index contributed by atoms with van der Waals surface area (Å²) in [5, 5.41) is 10.2. The first-order chi connectivity index (χ1) is 13.7. The highest BCUT2D eigenvalue weighted by Crippen LogP contribution is 2.26. The van der Waals surface area contributed by atoms with Gasteiger partial charge in [0.15, 0.2) is 0 Å². The molecule has 7 nitrogen and oxygen atoms in total. The Morgan fingerprint density at radius 2 is 1.72 bits per heavy atom. The monoisotopic (exact) mass is 413 g/mol. The number of aromatic nitrogens is 3. The highest BCUT2D eigenvalue weighted by atomic mass is 35.5. The summed E-state index contributed by atoms with van der Waals surface area (Å²) < 4.78 is 3.62. The number of carbonyl (C=O) groups is 2. The normalized spacial score (nSPS) is 11.0. The van der Waals surface area contributed by atoms with Gasteiger partial charge in [-0.05, 0) is 58.0 Å². The number of halogens is 1. The second-order valence-corrected chi connectivity index (χ2v) is 7.64. The molecule has 0 fully saturated rings. The zero-order chi connectivity index (χ0) is 21.3. The highest BCUT2D eigenvalue weighted by molar-refractivity contribution is 6.34. The van der Waals surface area contributed by atoms with Crippen LogP contribution in [0, 0.1) is 13.8 Å². The molecule has 0 aliphatic carbocycles. The fourth-order valence-corrected chi connectivity index (χ4v) is 3.32. The molecule has 2 N–H and O–H groups in total. The van der Waals surface area contributed by atoms with Gasteiger partial charge >= 0.3 is 0 Å². The number of nitrogens with zero attached hydrogens (tertiary/aromatic N) is 3. The Kier molecular flexibility index (Phi) is 5.79. The summed E-state index contributed by atoms with van der Waals surface area (Å²) in [6.07, 6.45) is 1.52. The third-order valence-corrected chi connectivity index (χ3v) is 4.86. The van der Waals surface area contributed by atoms with Gasteiger partial charge in [0.2, 0.25) is 0 Å². The molecule has 2 amide bonds. The largest absolute Gasteiger partial charge is 0.350 e. The molecular formula is C21H24ClN5O2. The summed E-state index contributed by atoms with van der Waals surface area (Å²) in [4.78, 5) is 25.3. The lowest BCUT2D eigenvalue weighted by Gasteiger charge is -2.14. The summed E-state index contributed by atoms with van der Waals surface area (Å²) in [6, 6.07) is 8.76. The molecule has 1 aromatic carbocycles. The van der Waals surface area contributed by atoms with Crippen molar-refractivity contribution in [3.8, 4) is 5.82 Å². The summed E-state index contributed by atoms with van der Waals surface area (Å²) >= 11 is 6.26. The molecule has 3 rings (SSSR count). The Bertz CT molecular complexity index is 1060. The molecule has 0 radical (unpaired) electrons. The second-order valence-electron chi connectivity index (χ2n) is 7.23. The van der Waals surface area contributed by atoms with Crippen LogP contribution >= 0.6 is 11.6 Å². The van der Waals surface area contributed by atoms with E-state index >= 15 is 0 Å². The van der Waals surface area contributed by atoms with Gasteiger partial charge in [0.25, 0.3) is 11.8 Å². The van der Waals surface area contributed by atoms with Gasteiger partial charge in [0, 0.05) is 30.0 Å². The molecular weight excluding hydrogens is 390 g/mol. The van der Waals surface area contributed by atoms with Crippen LogP contribution in [0.2, 0.25) is 5.02 Å². The maximum atomic E-state index is 13.0. The third kappa shape index (κ3) is 4.19. The number of aryl methyl sites for hydroxylation is 3. The van der Waals surface area contributed by atoms with Crippen molar-refractivity contribution in [2.75, 3.05) is 5.32 Å². The minimum Gasteiger partial charge on any atom is -0.350 e. The van der Waals surface area contributed by atoms with E-state index in [2.05, 4.69) is 15.7 Å². The lowest BCUT2D eigenvalue weighted by atomic mass is 10.1. The lowest BCUT2D eigenvalue weighted by Crippen LogP contribution is -2.30. The second kappa shape index (κ2) is 8.13. The number of anilines is 1. The van der Waals surface area contributed by atoms with Crippen LogP contribution in [-0.2, 0) is 7.05 Å². The molecule has 0 aliphatic heterocycles. The van der Waals surface area contributed by atoms with E-state index in [0.29, 0.717) is 27.7 Å². The number of carbonyl (C=O) groups excluding carboxylic acids is 2. The predicted molar refractivity (Wildman–Crippen MR) is 114 cm³/mol. The number of rotatable bonds is 5. The molecule has 0 unspecified atom stereocenters. The predicted octanol–water partition coefficient (Wildman–Crippen LogP) is 3.87. The Hall–Kier alpha value is -3.06. The van der Waals surface area contributed by atoms with Crippen molar-refractivity contribution in [3.05, 3.63) is 64.1 Å². The summed E-state index contributed by atoms with van der Waals surface area (Å²) in [6.45, 7) is 7.70. The summed E-state index contributed by atoms with van der Waals surface area (Å²) in [5.74, 6) is 0.0732. The minimum absolute atomic E-state index is 0.00206. The Labute approximate surface area is 174 Å². The molecule has 3 aromatic rings. The average Bonchev–Trinajstić information content (AvgIpc) is 3.17. The minimum atomic E-state index is -0.357. The lowest BCUT2D eigenvalue weighted by molar-refractivity contribution is 0.0941. The van der Waals surface area contributed by atoms with Crippen molar-refractivity contribution < 1.29 is 9.59 Å². The van der Waals surface area contributed by atoms with E-state index in [9.17, 15) is 9.59 Å². The molecule has 152 valence electrons. The standard InChI is InChI=1S/C21H24ClN5O2/c1-12(2)24-19(28)15-8-9-17(22)18(10-15)25-20(29)16-11-23-26(5)21(16)27-13(3)6-7-14(27)4/h6-12H,1-5H3,(H,24,28)(H,25,29). The van der Waals surface area contributed by atoms with Gasteiger partial charge in [-0.25, -0.2) is 0 Å². The van der Waals surface area contributed by atoms with Gasteiger partial charge in [-0.15, -0.1) is 0 Å². The van der Waals surface area contributed by atoms with Crippen molar-refractivity contribution in [1.29, 1.82) is 0 Å². The fraction of sp³-hybridized carbons (Fsp3) is 0.286. The first kappa shape index (κ1) is 20.7. The van der Waals surface area contributed by atoms with Crippen molar-refractivity contribution in [2.24, 2.45) is 7.05 Å². The third-order valence-electron chi connectivity index (χ3n) is 4.53. The maximum Gasteiger partial charge on any atom is 0.261 e. The molecule has 0 spiro atoms. The molecule has 0 aliphatic rings. The molecule has 0 bridgehead atoms. The Balaban J connectivity index is 1.94. The van der Waals surface area contributed by atoms with Crippen LogP contribution in [0.5, 0.6) is 0 Å². The van der Waals surface area contributed by atoms with E-state index in [4.69, 9.17) is 11.6 Å². The van der Waals surface area contributed by atoms with Crippen LogP contribution in [-0.4, -0.2) is 32.2 Å². The van der Waals surface area contributed by atoms with Crippen molar-refractivity contribution in [1.82, 2.24) is 19.7 Å². The van der Waals surface area contributed by atoms with Gasteiger partial charge in [-0.2, -0.15) is 5.10 Å². The van der Waals surface area contributed by atoms with E-state index in [1.807, 2.05) is 44.4 Å². The van der Waals surface area contributed by atoms with Gasteiger partial charge < -0.3 is 15.2 Å². The number of hydrogen-bond donors (Lipinski definition) is 2. The van der Waals surface area contributed by atoms with Gasteiger partial charge in [0.1, 0.15) is 11.4 Å². The Morgan fingerprint density at radius 3 is 2.34 bits per heavy atom. The quantitative estimate of drug-likeness (QED) is 0.666. The van der Waals surface area contributed by atoms with E-state index < -0.39 is 0 Å². The molecule has 29 heavy (non-hydrogen) atoms. The Morgan fingerprint density at radius 1 is 1.07 bits per heavy atom. The molecule has 0 saturated carbocycles. The van der Waals surface area contributed by atoms with Crippen LogP contribution in [0.4, 0.5) is 5.69 Å². The summed E-state index contributed by atoms with van der Waals surface area (Å²) in [5.41, 5.74) is 3.17. The van der Waals surface area contributed by atoms with Crippen molar-refractivity contribution >= 4 is 29.1 Å². The van der Waals surface area contributed by atoms with Crippen molar-refractivity contribution in [3.63, 3.8) is 0 Å². The SMILES string of the molecule is Cc1ccc(C)n1-c1c(C(=O)Nc2cc(C(=O)NC(C)C)ccc2Cl)cnn1C. The van der Waals surface area contributed by atoms with Gasteiger partial charge in [-0.3, -0.25) is 14.3 Å². The van der Waals surface area contributed by atoms with E-state index in [1.54, 1.807) is 29.9 Å². The summed E-state index contributed by atoms with van der Waals surface area (Å²) in [7, 11) is 1.79. The van der Waals surface area contributed by atoms with Crippen LogP contribution in [0.15, 0.2) is 36.5 Å². The van der Waals surface area contributed by atoms with E-state index in [1.165, 1.54) is 6.20 Å². The maximum absolute atomic E-state index is 13.0. The fourth-order valence-electron chi connectivity index (χ4n) is 3.16. The number of hydrogen-bond acceptors (Lipinski definition) is 3. The van der Waals surface area contributed by atoms with Crippen LogP contribution in [0.1, 0.15) is 46.0 Å². The first-order valence-electron chi connectivity index (χ1n) is 9.28. The zero-order valence-electron chi connectivity index (χ0n) is 17.1. The van der Waals surface area contributed by atoms with E-state index in [0.717, 1.165) is 11.4 Å². The molecule has 2 heterocycles. The van der Waals surface area contributed by atoms with Crippen LogP contribution in [0.25, 0.3) is 5.82 Å². The number of amides is 2. The van der Waals surface area contributed by atoms with Crippen LogP contribution in [0.3, 0.4) is 0 Å². The highest BCUT2D eigenvalue weighted by Gasteiger charge is 2.21. The topological polar surface area (TPSA) is 81.0 Å².